The van der Waals surface area contributed by atoms with Gasteiger partial charge in [-0.3, -0.25) is 4.79 Å². The van der Waals surface area contributed by atoms with Crippen molar-refractivity contribution < 1.29 is 19.4 Å². The molecule has 0 amide bonds. The average molecular weight is 367 g/mol. The second-order valence-electron chi connectivity index (χ2n) is 7.80. The molecule has 1 aliphatic carbocycles. The van der Waals surface area contributed by atoms with Gasteiger partial charge < -0.3 is 15.2 Å². The molecule has 1 aromatic heterocycles. The second kappa shape index (κ2) is 5.97. The minimum atomic E-state index is -0.509. The number of hydrogen-bond donors (Lipinski definition) is 2. The van der Waals surface area contributed by atoms with Crippen LogP contribution >= 0.6 is 0 Å². The second-order valence-corrected chi connectivity index (χ2v) is 7.80. The molecule has 1 aromatic carbocycles. The van der Waals surface area contributed by atoms with Crippen LogP contribution in [0.3, 0.4) is 0 Å². The largest absolute Gasteiger partial charge is 0.508 e. The number of carbonyl (C=O) groups excluding carboxylic acids is 2. The average Bonchev–Trinajstić information content (AvgIpc) is 3.01. The molecule has 0 saturated heterocycles. The quantitative estimate of drug-likeness (QED) is 0.793. The van der Waals surface area contributed by atoms with Gasteiger partial charge >= 0.3 is 5.97 Å². The third-order valence-corrected chi connectivity index (χ3v) is 5.09. The first-order chi connectivity index (χ1) is 12.8. The van der Waals surface area contributed by atoms with Crippen molar-refractivity contribution in [2.45, 2.75) is 32.7 Å². The molecule has 2 aliphatic rings. The Balaban J connectivity index is 1.94. The van der Waals surface area contributed by atoms with Crippen LogP contribution in [0.5, 0.6) is 5.75 Å². The Morgan fingerprint density at radius 1 is 1.37 bits per heavy atom. The van der Waals surface area contributed by atoms with Crippen molar-refractivity contribution >= 4 is 17.6 Å². The Labute approximate surface area is 156 Å². The number of carbonyl (C=O) groups is 2. The minimum Gasteiger partial charge on any atom is -0.508 e. The molecule has 140 valence electrons. The van der Waals surface area contributed by atoms with Gasteiger partial charge in [0.15, 0.2) is 5.78 Å². The van der Waals surface area contributed by atoms with Crippen LogP contribution in [0.2, 0.25) is 0 Å². The molecule has 2 aromatic rings. The number of anilines is 1. The molecule has 1 aliphatic heterocycles. The van der Waals surface area contributed by atoms with E-state index in [-0.39, 0.29) is 16.9 Å². The van der Waals surface area contributed by atoms with E-state index in [0.29, 0.717) is 29.8 Å². The number of phenols is 1. The first kappa shape index (κ1) is 17.3. The van der Waals surface area contributed by atoms with Crippen molar-refractivity contribution in [3.63, 3.8) is 0 Å². The molecule has 2 heterocycles. The maximum atomic E-state index is 13.0. The number of aromatic hydroxyl groups is 1. The lowest BCUT2D eigenvalue weighted by Gasteiger charge is -2.39. The highest BCUT2D eigenvalue weighted by molar-refractivity contribution is 6.01. The van der Waals surface area contributed by atoms with Crippen LogP contribution in [0, 0.1) is 5.41 Å². The van der Waals surface area contributed by atoms with Gasteiger partial charge in [0.25, 0.3) is 0 Å². The molecule has 0 saturated carbocycles. The molecule has 4 rings (SSSR count). The number of fused-ring (bicyclic) bond motifs is 1. The number of esters is 1. The molecule has 1 atom stereocenters. The summed E-state index contributed by atoms with van der Waals surface area (Å²) in [6, 6.07) is 6.27. The highest BCUT2D eigenvalue weighted by Crippen LogP contribution is 2.46. The van der Waals surface area contributed by atoms with Gasteiger partial charge in [-0.2, -0.15) is 5.10 Å². The van der Waals surface area contributed by atoms with Crippen LogP contribution in [0.25, 0.3) is 0 Å². The van der Waals surface area contributed by atoms with Crippen molar-refractivity contribution in [1.82, 2.24) is 9.78 Å². The van der Waals surface area contributed by atoms with Gasteiger partial charge in [-0.15, -0.1) is 0 Å². The predicted octanol–water partition coefficient (Wildman–Crippen LogP) is 3.03. The zero-order chi connectivity index (χ0) is 19.3. The number of allylic oxidation sites excluding steroid dienone is 2. The van der Waals surface area contributed by atoms with Gasteiger partial charge in [-0.05, 0) is 29.5 Å². The normalized spacial score (nSPS) is 20.6. The molecule has 0 unspecified atom stereocenters. The number of methoxy groups -OCH3 is 1. The number of aromatic nitrogens is 2. The third-order valence-electron chi connectivity index (χ3n) is 5.09. The van der Waals surface area contributed by atoms with Crippen LogP contribution < -0.4 is 5.32 Å². The van der Waals surface area contributed by atoms with Crippen LogP contribution in [-0.2, 0) is 9.53 Å². The summed E-state index contributed by atoms with van der Waals surface area (Å²) in [5, 5.41) is 17.6. The van der Waals surface area contributed by atoms with E-state index in [2.05, 4.69) is 10.4 Å². The Bertz CT molecular complexity index is 987. The standard InChI is InChI=1S/C20H21N3O4/c1-20(2)8-14-16(15(25)9-20)17(11-5-4-6-12(24)7-11)23-18(22-14)13(10-21-23)19(26)27-3/h4-7,10,17,22,24H,8-9H2,1-3H3/t17-/m1/s1. The topological polar surface area (TPSA) is 93.5 Å². The first-order valence-electron chi connectivity index (χ1n) is 8.79. The number of nitrogens with zero attached hydrogens (tertiary/aromatic N) is 2. The summed E-state index contributed by atoms with van der Waals surface area (Å²) in [6.45, 7) is 4.10. The Morgan fingerprint density at radius 2 is 2.15 bits per heavy atom. The molecule has 2 N–H and O–H groups in total. The van der Waals surface area contributed by atoms with E-state index in [1.807, 2.05) is 19.9 Å². The van der Waals surface area contributed by atoms with Crippen LogP contribution in [0.1, 0.15) is 48.7 Å². The van der Waals surface area contributed by atoms with Gasteiger partial charge in [-0.25, -0.2) is 9.48 Å². The molecule has 0 spiro atoms. The molecule has 0 radical (unpaired) electrons. The summed E-state index contributed by atoms with van der Waals surface area (Å²) < 4.78 is 6.48. The van der Waals surface area contributed by atoms with E-state index < -0.39 is 12.0 Å². The molecule has 27 heavy (non-hydrogen) atoms. The van der Waals surface area contributed by atoms with E-state index in [1.54, 1.807) is 22.9 Å². The fourth-order valence-electron chi connectivity index (χ4n) is 3.97. The smallest absolute Gasteiger partial charge is 0.343 e. The van der Waals surface area contributed by atoms with E-state index in [4.69, 9.17) is 4.74 Å². The number of Topliss-reactive ketones (excluding diaryl/α,β-unsaturated/α-hetero) is 1. The van der Waals surface area contributed by atoms with Crippen molar-refractivity contribution in [1.29, 1.82) is 0 Å². The van der Waals surface area contributed by atoms with Crippen LogP contribution in [0.15, 0.2) is 41.7 Å². The first-order valence-corrected chi connectivity index (χ1v) is 8.79. The maximum Gasteiger partial charge on any atom is 0.343 e. The minimum absolute atomic E-state index is 0.0443. The van der Waals surface area contributed by atoms with Gasteiger partial charge in [0.1, 0.15) is 23.2 Å². The van der Waals surface area contributed by atoms with Crippen LogP contribution in [-0.4, -0.2) is 33.7 Å². The number of ketones is 1. The van der Waals surface area contributed by atoms with Gasteiger partial charge in [0.2, 0.25) is 0 Å². The van der Waals surface area contributed by atoms with E-state index in [0.717, 1.165) is 11.3 Å². The SMILES string of the molecule is COC(=O)c1cnn2c1NC1=C(C(=O)CC(C)(C)C1)[C@H]2c1cccc(O)c1. The van der Waals surface area contributed by atoms with Crippen molar-refractivity contribution in [3.8, 4) is 5.75 Å². The molecule has 0 bridgehead atoms. The van der Waals surface area contributed by atoms with E-state index in [9.17, 15) is 14.7 Å². The Kier molecular flexibility index (Phi) is 3.83. The highest BCUT2D eigenvalue weighted by atomic mass is 16.5. The number of ether oxygens (including phenoxy) is 1. The number of benzene rings is 1. The van der Waals surface area contributed by atoms with Gasteiger partial charge in [0.05, 0.1) is 13.3 Å². The number of nitrogens with one attached hydrogen (secondary N) is 1. The number of phenolic OH excluding ortho intramolecular Hbond substituents is 1. The summed E-state index contributed by atoms with van der Waals surface area (Å²) in [5.41, 5.74) is 2.29. The monoisotopic (exact) mass is 367 g/mol. The molecule has 7 nitrogen and oxygen atoms in total. The lowest BCUT2D eigenvalue weighted by molar-refractivity contribution is -0.118. The lowest BCUT2D eigenvalue weighted by atomic mass is 9.73. The van der Waals surface area contributed by atoms with Crippen molar-refractivity contribution in [3.05, 3.63) is 52.9 Å². The number of hydrogen-bond acceptors (Lipinski definition) is 6. The van der Waals surface area contributed by atoms with Crippen molar-refractivity contribution in [2.24, 2.45) is 5.41 Å². The fourth-order valence-corrected chi connectivity index (χ4v) is 3.97. The van der Waals surface area contributed by atoms with Crippen molar-refractivity contribution in [2.75, 3.05) is 12.4 Å². The fraction of sp³-hybridized carbons (Fsp3) is 0.350. The Morgan fingerprint density at radius 3 is 2.85 bits per heavy atom. The molecule has 7 heteroatoms. The Hall–Kier alpha value is -3.09. The molecular weight excluding hydrogens is 346 g/mol. The van der Waals surface area contributed by atoms with Gasteiger partial charge in [0, 0.05) is 17.7 Å². The highest BCUT2D eigenvalue weighted by Gasteiger charge is 2.42. The third kappa shape index (κ3) is 2.79. The summed E-state index contributed by atoms with van der Waals surface area (Å²) >= 11 is 0. The summed E-state index contributed by atoms with van der Waals surface area (Å²) in [7, 11) is 1.32. The summed E-state index contributed by atoms with van der Waals surface area (Å²) in [4.78, 5) is 25.2. The van der Waals surface area contributed by atoms with Crippen LogP contribution in [0.4, 0.5) is 5.82 Å². The van der Waals surface area contributed by atoms with Gasteiger partial charge in [-0.1, -0.05) is 26.0 Å². The zero-order valence-corrected chi connectivity index (χ0v) is 15.4. The predicted molar refractivity (Wildman–Crippen MR) is 98.5 cm³/mol. The lowest BCUT2D eigenvalue weighted by Crippen LogP contribution is -2.36. The number of rotatable bonds is 2. The summed E-state index contributed by atoms with van der Waals surface area (Å²) in [6.07, 6.45) is 2.55. The molecular formula is C20H21N3O4. The maximum absolute atomic E-state index is 13.0. The van der Waals surface area contributed by atoms with E-state index in [1.165, 1.54) is 13.3 Å². The van der Waals surface area contributed by atoms with E-state index >= 15 is 0 Å². The molecule has 0 fully saturated rings. The summed E-state index contributed by atoms with van der Waals surface area (Å²) in [5.74, 6) is 0.157. The zero-order valence-electron chi connectivity index (χ0n) is 15.4.